The average molecular weight is 229 g/mol. The van der Waals surface area contributed by atoms with Gasteiger partial charge in [0.05, 0.1) is 6.54 Å². The maximum Gasteiger partial charge on any atom is 0.320 e. The van der Waals surface area contributed by atoms with Crippen LogP contribution >= 0.6 is 0 Å². The number of rotatable bonds is 7. The molecule has 0 saturated heterocycles. The number of hydrogen-bond donors (Lipinski definition) is 0. The Balaban J connectivity index is 4.02. The van der Waals surface area contributed by atoms with Crippen LogP contribution in [-0.2, 0) is 9.53 Å². The third-order valence-corrected chi connectivity index (χ3v) is 2.14. The highest BCUT2D eigenvalue weighted by Gasteiger charge is 2.18. The largest absolute Gasteiger partial charge is 0.459 e. The molecule has 0 aliphatic carbocycles. The van der Waals surface area contributed by atoms with Gasteiger partial charge in [0.25, 0.3) is 0 Å². The Morgan fingerprint density at radius 3 is 2.19 bits per heavy atom. The van der Waals surface area contributed by atoms with E-state index in [4.69, 9.17) is 4.74 Å². The van der Waals surface area contributed by atoms with Gasteiger partial charge in [-0.1, -0.05) is 20.3 Å². The van der Waals surface area contributed by atoms with Crippen molar-refractivity contribution in [2.24, 2.45) is 0 Å². The summed E-state index contributed by atoms with van der Waals surface area (Å²) >= 11 is 0. The van der Waals surface area contributed by atoms with E-state index in [1.54, 1.807) is 0 Å². The molecule has 0 unspecified atom stereocenters. The van der Waals surface area contributed by atoms with Gasteiger partial charge in [-0.3, -0.25) is 9.69 Å². The lowest BCUT2D eigenvalue weighted by atomic mass is 10.2. The molecule has 16 heavy (non-hydrogen) atoms. The predicted octanol–water partition coefficient (Wildman–Crippen LogP) is 2.84. The Morgan fingerprint density at radius 1 is 1.12 bits per heavy atom. The minimum Gasteiger partial charge on any atom is -0.459 e. The molecular formula is C13H27NO2. The first-order valence-electron chi connectivity index (χ1n) is 6.33. The first-order valence-corrected chi connectivity index (χ1v) is 6.33. The number of carbonyl (C=O) groups is 1. The van der Waals surface area contributed by atoms with Gasteiger partial charge in [0.2, 0.25) is 0 Å². The van der Waals surface area contributed by atoms with Gasteiger partial charge in [0.1, 0.15) is 5.60 Å². The summed E-state index contributed by atoms with van der Waals surface area (Å²) in [6, 6.07) is 0. The highest BCUT2D eigenvalue weighted by molar-refractivity contribution is 5.72. The second-order valence-electron chi connectivity index (χ2n) is 5.22. The number of nitrogens with zero attached hydrogens (tertiary/aromatic N) is 1. The number of hydrogen-bond acceptors (Lipinski definition) is 3. The van der Waals surface area contributed by atoms with Crippen LogP contribution in [0.25, 0.3) is 0 Å². The Bertz CT molecular complexity index is 197. The molecule has 0 aromatic carbocycles. The zero-order chi connectivity index (χ0) is 12.6. The van der Waals surface area contributed by atoms with E-state index in [0.717, 1.165) is 32.4 Å². The lowest BCUT2D eigenvalue weighted by Gasteiger charge is -2.24. The summed E-state index contributed by atoms with van der Waals surface area (Å²) in [4.78, 5) is 13.8. The molecule has 0 saturated carbocycles. The lowest BCUT2D eigenvalue weighted by Crippen LogP contribution is -2.35. The van der Waals surface area contributed by atoms with E-state index in [0.29, 0.717) is 6.54 Å². The Morgan fingerprint density at radius 2 is 1.75 bits per heavy atom. The Kier molecular flexibility index (Phi) is 7.39. The number of esters is 1. The Labute approximate surface area is 100 Å². The fraction of sp³-hybridized carbons (Fsp3) is 0.923. The van der Waals surface area contributed by atoms with Crippen molar-refractivity contribution in [3.8, 4) is 0 Å². The van der Waals surface area contributed by atoms with Crippen LogP contribution in [0, 0.1) is 0 Å². The third-order valence-electron chi connectivity index (χ3n) is 2.14. The van der Waals surface area contributed by atoms with Crippen LogP contribution < -0.4 is 0 Å². The van der Waals surface area contributed by atoms with Gasteiger partial charge < -0.3 is 4.74 Å². The predicted molar refractivity (Wildman–Crippen MR) is 67.5 cm³/mol. The van der Waals surface area contributed by atoms with Gasteiger partial charge in [-0.25, -0.2) is 0 Å². The summed E-state index contributed by atoms with van der Waals surface area (Å²) in [5, 5.41) is 0. The minimum atomic E-state index is -0.375. The van der Waals surface area contributed by atoms with Crippen molar-refractivity contribution in [3.63, 3.8) is 0 Å². The molecule has 0 bridgehead atoms. The SMILES string of the molecule is CCCCN(CCC)CC(=O)OC(C)(C)C. The second kappa shape index (κ2) is 7.66. The van der Waals surface area contributed by atoms with Gasteiger partial charge in [0.15, 0.2) is 0 Å². The Hall–Kier alpha value is -0.570. The van der Waals surface area contributed by atoms with Gasteiger partial charge in [-0.15, -0.1) is 0 Å². The van der Waals surface area contributed by atoms with Crippen LogP contribution in [0.5, 0.6) is 0 Å². The van der Waals surface area contributed by atoms with Crippen LogP contribution in [0.3, 0.4) is 0 Å². The number of carbonyl (C=O) groups excluding carboxylic acids is 1. The van der Waals surface area contributed by atoms with Crippen molar-refractivity contribution in [1.29, 1.82) is 0 Å². The van der Waals surface area contributed by atoms with Crippen molar-refractivity contribution in [1.82, 2.24) is 4.90 Å². The summed E-state index contributed by atoms with van der Waals surface area (Å²) in [6.45, 7) is 12.4. The molecule has 96 valence electrons. The molecule has 0 amide bonds. The molecule has 0 N–H and O–H groups in total. The van der Waals surface area contributed by atoms with Gasteiger partial charge >= 0.3 is 5.97 Å². The van der Waals surface area contributed by atoms with Gasteiger partial charge in [0, 0.05) is 0 Å². The summed E-state index contributed by atoms with van der Waals surface area (Å²) in [5.74, 6) is -0.114. The average Bonchev–Trinajstić information content (AvgIpc) is 2.11. The lowest BCUT2D eigenvalue weighted by molar-refractivity contribution is -0.156. The summed E-state index contributed by atoms with van der Waals surface area (Å²) in [6.07, 6.45) is 3.38. The monoisotopic (exact) mass is 229 g/mol. The van der Waals surface area contributed by atoms with E-state index in [-0.39, 0.29) is 11.6 Å². The molecule has 0 aromatic heterocycles. The summed E-state index contributed by atoms with van der Waals surface area (Å²) < 4.78 is 5.31. The van der Waals surface area contributed by atoms with Crippen molar-refractivity contribution >= 4 is 5.97 Å². The standard InChI is InChI=1S/C13H27NO2/c1-6-8-10-14(9-7-2)11-12(15)16-13(3,4)5/h6-11H2,1-5H3. The van der Waals surface area contributed by atoms with Gasteiger partial charge in [-0.05, 0) is 46.7 Å². The maximum atomic E-state index is 11.6. The van der Waals surface area contributed by atoms with Crippen LogP contribution in [-0.4, -0.2) is 36.1 Å². The van der Waals surface area contributed by atoms with Crippen LogP contribution in [0.2, 0.25) is 0 Å². The molecule has 0 aliphatic rings. The fourth-order valence-corrected chi connectivity index (χ4v) is 1.52. The van der Waals surface area contributed by atoms with E-state index in [2.05, 4.69) is 18.7 Å². The molecule has 0 rings (SSSR count). The highest BCUT2D eigenvalue weighted by Crippen LogP contribution is 2.08. The number of ether oxygens (including phenoxy) is 1. The maximum absolute atomic E-state index is 11.6. The van der Waals surface area contributed by atoms with Crippen LogP contribution in [0.15, 0.2) is 0 Å². The highest BCUT2D eigenvalue weighted by atomic mass is 16.6. The van der Waals surface area contributed by atoms with Crippen molar-refractivity contribution < 1.29 is 9.53 Å². The van der Waals surface area contributed by atoms with E-state index < -0.39 is 0 Å². The molecule has 0 aliphatic heterocycles. The van der Waals surface area contributed by atoms with E-state index in [1.807, 2.05) is 20.8 Å². The zero-order valence-electron chi connectivity index (χ0n) is 11.5. The second-order valence-corrected chi connectivity index (χ2v) is 5.22. The molecule has 0 fully saturated rings. The summed E-state index contributed by atoms with van der Waals surface area (Å²) in [7, 11) is 0. The zero-order valence-corrected chi connectivity index (χ0v) is 11.5. The molecule has 0 radical (unpaired) electrons. The normalized spacial score (nSPS) is 11.9. The van der Waals surface area contributed by atoms with Crippen molar-refractivity contribution in [2.45, 2.75) is 59.5 Å². The van der Waals surface area contributed by atoms with Crippen molar-refractivity contribution in [3.05, 3.63) is 0 Å². The molecule has 3 nitrogen and oxygen atoms in total. The first kappa shape index (κ1) is 15.4. The quantitative estimate of drug-likeness (QED) is 0.629. The van der Waals surface area contributed by atoms with Gasteiger partial charge in [-0.2, -0.15) is 0 Å². The molecular weight excluding hydrogens is 202 g/mol. The van der Waals surface area contributed by atoms with E-state index in [1.165, 1.54) is 0 Å². The van der Waals surface area contributed by atoms with Crippen LogP contribution in [0.1, 0.15) is 53.9 Å². The molecule has 3 heteroatoms. The molecule has 0 aromatic rings. The fourth-order valence-electron chi connectivity index (χ4n) is 1.52. The van der Waals surface area contributed by atoms with Crippen LogP contribution in [0.4, 0.5) is 0 Å². The smallest absolute Gasteiger partial charge is 0.320 e. The first-order chi connectivity index (χ1) is 7.39. The number of unbranched alkanes of at least 4 members (excludes halogenated alkanes) is 1. The third kappa shape index (κ3) is 8.72. The molecule has 0 spiro atoms. The molecule has 0 atom stereocenters. The van der Waals surface area contributed by atoms with E-state index >= 15 is 0 Å². The molecule has 0 heterocycles. The van der Waals surface area contributed by atoms with Crippen molar-refractivity contribution in [2.75, 3.05) is 19.6 Å². The topological polar surface area (TPSA) is 29.5 Å². The minimum absolute atomic E-state index is 0.114. The summed E-state index contributed by atoms with van der Waals surface area (Å²) in [5.41, 5.74) is -0.375. The van der Waals surface area contributed by atoms with E-state index in [9.17, 15) is 4.79 Å².